The topological polar surface area (TPSA) is 0 Å². The minimum Gasteiger partial charge on any atom is -0.146 e. The monoisotopic (exact) mass is 364 g/mol. The van der Waals surface area contributed by atoms with E-state index in [9.17, 15) is 0 Å². The number of thiophene rings is 1. The third-order valence-electron chi connectivity index (χ3n) is 2.05. The van der Waals surface area contributed by atoms with Crippen LogP contribution in [0.5, 0.6) is 0 Å². The Kier molecular flexibility index (Phi) is 3.88. The molecule has 15 heavy (non-hydrogen) atoms. The first kappa shape index (κ1) is 11.6. The molecule has 0 radical (unpaired) electrons. The summed E-state index contributed by atoms with van der Waals surface area (Å²) >= 11 is 15.1. The van der Waals surface area contributed by atoms with Gasteiger partial charge in [-0.1, -0.05) is 34.1 Å². The molecule has 0 spiro atoms. The van der Waals surface area contributed by atoms with Crippen LogP contribution in [0.4, 0.5) is 0 Å². The third kappa shape index (κ3) is 2.47. The highest BCUT2D eigenvalue weighted by Gasteiger charge is 2.17. The Hall–Kier alpha value is 0.170. The van der Waals surface area contributed by atoms with E-state index in [1.807, 2.05) is 35.7 Å². The molecule has 0 nitrogen and oxygen atoms in total. The van der Waals surface area contributed by atoms with E-state index in [1.165, 1.54) is 0 Å². The number of rotatable bonds is 2. The van der Waals surface area contributed by atoms with Crippen molar-refractivity contribution in [1.82, 2.24) is 0 Å². The molecular formula is C11H7Br2ClS. The summed E-state index contributed by atoms with van der Waals surface area (Å²) in [6.07, 6.45) is 0. The van der Waals surface area contributed by atoms with Crippen molar-refractivity contribution in [2.45, 2.75) is 5.38 Å². The van der Waals surface area contributed by atoms with Crippen molar-refractivity contribution < 1.29 is 0 Å². The SMILES string of the molecule is ClC(c1ccccc1Br)c1sccc1Br. The summed E-state index contributed by atoms with van der Waals surface area (Å²) in [4.78, 5) is 1.14. The number of halogens is 3. The zero-order valence-corrected chi connectivity index (χ0v) is 12.3. The smallest absolute Gasteiger partial charge is 0.0949 e. The van der Waals surface area contributed by atoms with Crippen LogP contribution in [0.3, 0.4) is 0 Å². The summed E-state index contributed by atoms with van der Waals surface area (Å²) in [7, 11) is 0. The molecule has 1 unspecified atom stereocenters. The van der Waals surface area contributed by atoms with Gasteiger partial charge >= 0.3 is 0 Å². The molecule has 4 heteroatoms. The van der Waals surface area contributed by atoms with Crippen molar-refractivity contribution in [3.8, 4) is 0 Å². The average Bonchev–Trinajstić information content (AvgIpc) is 2.64. The lowest BCUT2D eigenvalue weighted by atomic mass is 10.1. The maximum atomic E-state index is 6.43. The summed E-state index contributed by atoms with van der Waals surface area (Å²) in [6.45, 7) is 0. The Bertz CT molecular complexity index is 467. The van der Waals surface area contributed by atoms with Gasteiger partial charge in [-0.2, -0.15) is 0 Å². The summed E-state index contributed by atoms with van der Waals surface area (Å²) in [5.41, 5.74) is 1.10. The Morgan fingerprint density at radius 3 is 2.40 bits per heavy atom. The van der Waals surface area contributed by atoms with Gasteiger partial charge in [0.25, 0.3) is 0 Å². The fraction of sp³-hybridized carbons (Fsp3) is 0.0909. The van der Waals surface area contributed by atoms with Gasteiger partial charge in [-0.05, 0) is 39.0 Å². The molecule has 2 rings (SSSR count). The second kappa shape index (κ2) is 5.00. The largest absolute Gasteiger partial charge is 0.146 e. The van der Waals surface area contributed by atoms with Crippen LogP contribution in [0.2, 0.25) is 0 Å². The molecule has 0 fully saturated rings. The molecule has 0 aliphatic rings. The lowest BCUT2D eigenvalue weighted by Crippen LogP contribution is -1.91. The zero-order chi connectivity index (χ0) is 10.8. The lowest BCUT2D eigenvalue weighted by molar-refractivity contribution is 1.16. The van der Waals surface area contributed by atoms with E-state index in [1.54, 1.807) is 11.3 Å². The lowest BCUT2D eigenvalue weighted by Gasteiger charge is -2.10. The van der Waals surface area contributed by atoms with E-state index in [2.05, 4.69) is 31.9 Å². The van der Waals surface area contributed by atoms with E-state index < -0.39 is 0 Å². The molecular weight excluding hydrogens is 359 g/mol. The zero-order valence-electron chi connectivity index (χ0n) is 7.58. The molecule has 1 atom stereocenters. The highest BCUT2D eigenvalue weighted by atomic mass is 79.9. The van der Waals surface area contributed by atoms with Gasteiger partial charge in [-0.25, -0.2) is 0 Å². The van der Waals surface area contributed by atoms with Crippen LogP contribution < -0.4 is 0 Å². The quantitative estimate of drug-likeness (QED) is 0.607. The van der Waals surface area contributed by atoms with Crippen molar-refractivity contribution in [3.05, 3.63) is 55.1 Å². The molecule has 0 aliphatic carbocycles. The van der Waals surface area contributed by atoms with Gasteiger partial charge in [0.05, 0.1) is 5.38 Å². The van der Waals surface area contributed by atoms with Crippen molar-refractivity contribution in [2.75, 3.05) is 0 Å². The molecule has 0 bridgehead atoms. The van der Waals surface area contributed by atoms with Gasteiger partial charge in [-0.15, -0.1) is 22.9 Å². The average molecular weight is 367 g/mol. The van der Waals surface area contributed by atoms with Crippen molar-refractivity contribution in [1.29, 1.82) is 0 Å². The molecule has 1 heterocycles. The second-order valence-electron chi connectivity index (χ2n) is 3.02. The van der Waals surface area contributed by atoms with Crippen molar-refractivity contribution in [3.63, 3.8) is 0 Å². The number of hydrogen-bond acceptors (Lipinski definition) is 1. The first-order valence-corrected chi connectivity index (χ1v) is 7.21. The molecule has 0 aliphatic heterocycles. The number of benzene rings is 1. The summed E-state index contributed by atoms with van der Waals surface area (Å²) in [6, 6.07) is 10.0. The summed E-state index contributed by atoms with van der Waals surface area (Å²) in [5, 5.41) is 1.93. The van der Waals surface area contributed by atoms with E-state index >= 15 is 0 Å². The van der Waals surface area contributed by atoms with Crippen LogP contribution in [-0.2, 0) is 0 Å². The predicted octanol–water partition coefficient (Wildman–Crippen LogP) is 5.60. The molecule has 1 aromatic heterocycles. The fourth-order valence-electron chi connectivity index (χ4n) is 1.31. The highest BCUT2D eigenvalue weighted by Crippen LogP contribution is 2.39. The molecule has 0 saturated carbocycles. The second-order valence-corrected chi connectivity index (χ2v) is 6.11. The van der Waals surface area contributed by atoms with E-state index in [0.29, 0.717) is 0 Å². The Labute approximate surface area is 115 Å². The third-order valence-corrected chi connectivity index (χ3v) is 5.29. The molecule has 0 saturated heterocycles. The van der Waals surface area contributed by atoms with Crippen LogP contribution >= 0.6 is 54.8 Å². The van der Waals surface area contributed by atoms with Crippen LogP contribution in [0.15, 0.2) is 44.7 Å². The summed E-state index contributed by atoms with van der Waals surface area (Å²) in [5.74, 6) is 0. The van der Waals surface area contributed by atoms with Crippen molar-refractivity contribution in [2.24, 2.45) is 0 Å². The standard InChI is InChI=1S/C11H7Br2ClS/c12-8-4-2-1-3-7(8)10(14)11-9(13)5-6-15-11/h1-6,10H. The fourth-order valence-corrected chi connectivity index (χ4v) is 4.14. The maximum absolute atomic E-state index is 6.43. The van der Waals surface area contributed by atoms with E-state index in [-0.39, 0.29) is 5.38 Å². The Balaban J connectivity index is 2.41. The first-order valence-electron chi connectivity index (χ1n) is 4.31. The van der Waals surface area contributed by atoms with Gasteiger partial charge in [0.2, 0.25) is 0 Å². The predicted molar refractivity (Wildman–Crippen MR) is 73.9 cm³/mol. The van der Waals surface area contributed by atoms with Gasteiger partial charge in [0.15, 0.2) is 0 Å². The summed E-state index contributed by atoms with van der Waals surface area (Å²) < 4.78 is 2.12. The molecule has 0 amide bonds. The molecule has 1 aromatic carbocycles. The molecule has 2 aromatic rings. The Morgan fingerprint density at radius 2 is 1.80 bits per heavy atom. The van der Waals surface area contributed by atoms with Gasteiger partial charge < -0.3 is 0 Å². The van der Waals surface area contributed by atoms with Crippen LogP contribution in [0, 0.1) is 0 Å². The van der Waals surface area contributed by atoms with Gasteiger partial charge in [0.1, 0.15) is 0 Å². The highest BCUT2D eigenvalue weighted by molar-refractivity contribution is 9.10. The van der Waals surface area contributed by atoms with Crippen LogP contribution in [-0.4, -0.2) is 0 Å². The normalized spacial score (nSPS) is 12.7. The number of alkyl halides is 1. The van der Waals surface area contributed by atoms with E-state index in [0.717, 1.165) is 19.4 Å². The van der Waals surface area contributed by atoms with Gasteiger partial charge in [0, 0.05) is 13.8 Å². The van der Waals surface area contributed by atoms with E-state index in [4.69, 9.17) is 11.6 Å². The minimum atomic E-state index is -0.102. The van der Waals surface area contributed by atoms with Crippen molar-refractivity contribution >= 4 is 54.8 Å². The molecule has 0 N–H and O–H groups in total. The molecule has 78 valence electrons. The Morgan fingerprint density at radius 1 is 1.07 bits per heavy atom. The minimum absolute atomic E-state index is 0.102. The van der Waals surface area contributed by atoms with Gasteiger partial charge in [-0.3, -0.25) is 0 Å². The van der Waals surface area contributed by atoms with Crippen LogP contribution in [0.25, 0.3) is 0 Å². The first-order chi connectivity index (χ1) is 7.20. The van der Waals surface area contributed by atoms with Crippen LogP contribution in [0.1, 0.15) is 15.8 Å². The maximum Gasteiger partial charge on any atom is 0.0949 e. The number of hydrogen-bond donors (Lipinski definition) is 0.